The molecule has 3 rings (SSSR count). The van der Waals surface area contributed by atoms with Gasteiger partial charge in [0.25, 0.3) is 0 Å². The normalized spacial score (nSPS) is 11.2. The summed E-state index contributed by atoms with van der Waals surface area (Å²) >= 11 is 1.27. The van der Waals surface area contributed by atoms with Gasteiger partial charge in [-0.25, -0.2) is 0 Å². The van der Waals surface area contributed by atoms with Crippen LogP contribution in [0.2, 0.25) is 0 Å². The molecule has 0 aliphatic rings. The van der Waals surface area contributed by atoms with Crippen molar-refractivity contribution >= 4 is 16.3 Å². The minimum atomic E-state index is -0.00184. The smallest absolute Gasteiger partial charge is 0.234 e. The van der Waals surface area contributed by atoms with Crippen molar-refractivity contribution in [2.75, 3.05) is 0 Å². The van der Waals surface area contributed by atoms with Crippen LogP contribution in [0.1, 0.15) is 12.7 Å². The van der Waals surface area contributed by atoms with Crippen molar-refractivity contribution in [3.63, 3.8) is 0 Å². The van der Waals surface area contributed by atoms with E-state index in [1.807, 2.05) is 6.92 Å². The lowest BCUT2D eigenvalue weighted by Gasteiger charge is -2.02. The van der Waals surface area contributed by atoms with Crippen LogP contribution in [-0.2, 0) is 6.42 Å². The Morgan fingerprint density at radius 3 is 2.61 bits per heavy atom. The molecule has 0 fully saturated rings. The predicted molar refractivity (Wildman–Crippen MR) is 66.8 cm³/mol. The average Bonchev–Trinajstić information content (AvgIpc) is 2.88. The molecular weight excluding hydrogens is 252 g/mol. The highest BCUT2D eigenvalue weighted by Crippen LogP contribution is 2.38. The van der Waals surface area contributed by atoms with Crippen LogP contribution in [0.3, 0.4) is 0 Å². The second-order valence-corrected chi connectivity index (χ2v) is 4.70. The molecule has 0 unspecified atom stereocenters. The summed E-state index contributed by atoms with van der Waals surface area (Å²) < 4.78 is 1.63. The van der Waals surface area contributed by atoms with Crippen molar-refractivity contribution in [3.05, 3.63) is 24.0 Å². The maximum atomic E-state index is 9.80. The van der Waals surface area contributed by atoms with E-state index in [2.05, 4.69) is 15.3 Å². The van der Waals surface area contributed by atoms with Crippen molar-refractivity contribution in [2.45, 2.75) is 13.3 Å². The third kappa shape index (κ3) is 1.52. The molecule has 7 heteroatoms. The summed E-state index contributed by atoms with van der Waals surface area (Å²) in [5.74, 6) is 0.749. The molecule has 0 bridgehead atoms. The molecule has 2 aromatic heterocycles. The molecule has 6 nitrogen and oxygen atoms in total. The van der Waals surface area contributed by atoms with Crippen molar-refractivity contribution in [1.82, 2.24) is 19.8 Å². The van der Waals surface area contributed by atoms with E-state index < -0.39 is 0 Å². The number of phenolic OH excluding ortho intramolecular Hbond substituents is 2. The standard InChI is InChI=1S/C11H10N4O2S/c1-2-8-12-13-11-15(8)14-10(18-11)9-6(16)4-3-5-7(9)17/h3-5,16-17H,2H2,1H3. The Kier molecular flexibility index (Phi) is 2.41. The average molecular weight is 262 g/mol. The van der Waals surface area contributed by atoms with Crippen LogP contribution in [0.15, 0.2) is 18.2 Å². The van der Waals surface area contributed by atoms with Gasteiger partial charge >= 0.3 is 0 Å². The topological polar surface area (TPSA) is 83.5 Å². The Bertz CT molecular complexity index is 699. The van der Waals surface area contributed by atoms with E-state index in [4.69, 9.17) is 0 Å². The van der Waals surface area contributed by atoms with E-state index in [0.717, 1.165) is 12.2 Å². The summed E-state index contributed by atoms with van der Waals surface area (Å²) in [6, 6.07) is 4.60. The van der Waals surface area contributed by atoms with Gasteiger partial charge in [-0.1, -0.05) is 24.3 Å². The van der Waals surface area contributed by atoms with Gasteiger partial charge in [-0.2, -0.15) is 9.61 Å². The molecular formula is C11H10N4O2S. The van der Waals surface area contributed by atoms with Crippen molar-refractivity contribution in [3.8, 4) is 22.1 Å². The number of aromatic nitrogens is 4. The van der Waals surface area contributed by atoms with Crippen molar-refractivity contribution in [2.24, 2.45) is 0 Å². The number of hydrogen-bond donors (Lipinski definition) is 2. The summed E-state index contributed by atoms with van der Waals surface area (Å²) in [6.45, 7) is 1.97. The summed E-state index contributed by atoms with van der Waals surface area (Å²) in [5, 5.41) is 32.4. The molecule has 0 atom stereocenters. The molecule has 0 aliphatic carbocycles. The molecule has 0 saturated carbocycles. The highest BCUT2D eigenvalue weighted by atomic mass is 32.1. The van der Waals surface area contributed by atoms with E-state index in [9.17, 15) is 10.2 Å². The third-order valence-electron chi connectivity index (χ3n) is 2.61. The summed E-state index contributed by atoms with van der Waals surface area (Å²) in [5.41, 5.74) is 0.329. The molecule has 92 valence electrons. The second kappa shape index (κ2) is 3.95. The quantitative estimate of drug-likeness (QED) is 0.736. The zero-order valence-electron chi connectivity index (χ0n) is 9.53. The van der Waals surface area contributed by atoms with E-state index in [1.165, 1.54) is 23.5 Å². The predicted octanol–water partition coefficient (Wildman–Crippen LogP) is 1.83. The fourth-order valence-electron chi connectivity index (χ4n) is 1.73. The van der Waals surface area contributed by atoms with Crippen molar-refractivity contribution in [1.29, 1.82) is 0 Å². The van der Waals surface area contributed by atoms with Gasteiger partial charge in [0.2, 0.25) is 4.96 Å². The van der Waals surface area contributed by atoms with Crippen LogP contribution in [0.5, 0.6) is 11.5 Å². The van der Waals surface area contributed by atoms with Gasteiger partial charge in [0.05, 0.1) is 5.56 Å². The summed E-state index contributed by atoms with van der Waals surface area (Å²) in [4.78, 5) is 0.643. The van der Waals surface area contributed by atoms with Crippen LogP contribution >= 0.6 is 11.3 Å². The molecule has 0 spiro atoms. The summed E-state index contributed by atoms with van der Waals surface area (Å²) in [7, 11) is 0. The lowest BCUT2D eigenvalue weighted by atomic mass is 10.2. The number of phenols is 2. The molecule has 0 saturated heterocycles. The first-order valence-corrected chi connectivity index (χ1v) is 6.24. The molecule has 0 aliphatic heterocycles. The first kappa shape index (κ1) is 11.0. The van der Waals surface area contributed by atoms with Crippen molar-refractivity contribution < 1.29 is 10.2 Å². The largest absolute Gasteiger partial charge is 0.507 e. The van der Waals surface area contributed by atoms with Crippen LogP contribution in [-0.4, -0.2) is 30.0 Å². The number of fused-ring (bicyclic) bond motifs is 1. The monoisotopic (exact) mass is 262 g/mol. The maximum Gasteiger partial charge on any atom is 0.234 e. The molecule has 2 N–H and O–H groups in total. The van der Waals surface area contributed by atoms with E-state index in [0.29, 0.717) is 15.5 Å². The van der Waals surface area contributed by atoms with Crippen LogP contribution < -0.4 is 0 Å². The summed E-state index contributed by atoms with van der Waals surface area (Å²) in [6.07, 6.45) is 0.719. The lowest BCUT2D eigenvalue weighted by molar-refractivity contribution is 0.454. The van der Waals surface area contributed by atoms with E-state index in [1.54, 1.807) is 10.6 Å². The Morgan fingerprint density at radius 1 is 1.22 bits per heavy atom. The Balaban J connectivity index is 2.23. The fourth-order valence-corrected chi connectivity index (χ4v) is 2.65. The number of hydrogen-bond acceptors (Lipinski definition) is 6. The number of nitrogens with zero attached hydrogens (tertiary/aromatic N) is 4. The zero-order valence-corrected chi connectivity index (χ0v) is 10.3. The molecule has 1 aromatic carbocycles. The Hall–Kier alpha value is -2.15. The number of aromatic hydroxyl groups is 2. The molecule has 18 heavy (non-hydrogen) atoms. The number of rotatable bonds is 2. The van der Waals surface area contributed by atoms with E-state index >= 15 is 0 Å². The molecule has 3 aromatic rings. The first-order valence-electron chi connectivity index (χ1n) is 5.43. The van der Waals surface area contributed by atoms with Gasteiger partial charge in [-0.05, 0) is 12.1 Å². The van der Waals surface area contributed by atoms with Gasteiger partial charge in [0.15, 0.2) is 10.8 Å². The van der Waals surface area contributed by atoms with Gasteiger partial charge in [-0.3, -0.25) is 0 Å². The number of benzene rings is 1. The maximum absolute atomic E-state index is 9.80. The third-order valence-corrected chi connectivity index (χ3v) is 3.52. The SMILES string of the molecule is CCc1nnc2sc(-c3c(O)cccc3O)nn12. The van der Waals surface area contributed by atoms with Crippen LogP contribution in [0.4, 0.5) is 0 Å². The van der Waals surface area contributed by atoms with Gasteiger partial charge < -0.3 is 10.2 Å². The highest BCUT2D eigenvalue weighted by molar-refractivity contribution is 7.19. The Labute approximate surface area is 106 Å². The molecule has 2 heterocycles. The first-order chi connectivity index (χ1) is 8.70. The highest BCUT2D eigenvalue weighted by Gasteiger charge is 2.17. The Morgan fingerprint density at radius 2 is 1.94 bits per heavy atom. The van der Waals surface area contributed by atoms with Gasteiger partial charge in [-0.15, -0.1) is 10.2 Å². The van der Waals surface area contributed by atoms with Crippen LogP contribution in [0, 0.1) is 0 Å². The zero-order chi connectivity index (χ0) is 12.7. The van der Waals surface area contributed by atoms with Gasteiger partial charge in [0, 0.05) is 6.42 Å². The second-order valence-electron chi connectivity index (χ2n) is 3.74. The van der Waals surface area contributed by atoms with Crippen LogP contribution in [0.25, 0.3) is 15.5 Å². The van der Waals surface area contributed by atoms with E-state index in [-0.39, 0.29) is 11.5 Å². The molecule has 0 amide bonds. The minimum Gasteiger partial charge on any atom is -0.507 e. The fraction of sp³-hybridized carbons (Fsp3) is 0.182. The molecule has 0 radical (unpaired) electrons. The minimum absolute atomic E-state index is 0.00184. The number of aryl methyl sites for hydroxylation is 1. The lowest BCUT2D eigenvalue weighted by Crippen LogP contribution is -1.93. The van der Waals surface area contributed by atoms with Gasteiger partial charge in [0.1, 0.15) is 11.5 Å².